The molecule has 0 radical (unpaired) electrons. The van der Waals surface area contributed by atoms with Crippen LogP contribution in [0.1, 0.15) is 32.6 Å². The summed E-state index contributed by atoms with van der Waals surface area (Å²) in [6.45, 7) is 2.02. The maximum atomic E-state index is 12.6. The number of alkyl halides is 3. The maximum Gasteiger partial charge on any atom is 0.391 e. The lowest BCUT2D eigenvalue weighted by Crippen LogP contribution is -2.41. The highest BCUT2D eigenvalue weighted by Gasteiger charge is 2.43. The van der Waals surface area contributed by atoms with Crippen LogP contribution in [0.25, 0.3) is 0 Å². The molecule has 1 aliphatic rings. The molecule has 0 aromatic rings. The van der Waals surface area contributed by atoms with Crippen molar-refractivity contribution in [2.75, 3.05) is 13.1 Å². The third-order valence-corrected chi connectivity index (χ3v) is 3.31. The second-order valence-electron chi connectivity index (χ2n) is 4.77. The Balaban J connectivity index is 2.42. The predicted octanol–water partition coefficient (Wildman–Crippen LogP) is 1.61. The number of hydrogen-bond acceptors (Lipinski definition) is 2. The Bertz CT molecular complexity index is 331. The summed E-state index contributed by atoms with van der Waals surface area (Å²) in [6, 6.07) is 0. The summed E-state index contributed by atoms with van der Waals surface area (Å²) in [5.41, 5.74) is 0. The molecule has 2 atom stereocenters. The van der Waals surface area contributed by atoms with E-state index in [-0.39, 0.29) is 25.3 Å². The zero-order valence-corrected chi connectivity index (χ0v) is 10.8. The van der Waals surface area contributed by atoms with E-state index in [1.807, 2.05) is 0 Å². The van der Waals surface area contributed by atoms with Gasteiger partial charge < -0.3 is 10.6 Å². The van der Waals surface area contributed by atoms with Gasteiger partial charge in [-0.25, -0.2) is 0 Å². The first-order valence-electron chi connectivity index (χ1n) is 6.45. The second-order valence-corrected chi connectivity index (χ2v) is 4.77. The first-order valence-corrected chi connectivity index (χ1v) is 6.45. The minimum atomic E-state index is -4.24. The molecule has 0 bridgehead atoms. The van der Waals surface area contributed by atoms with Crippen LogP contribution in [0.3, 0.4) is 0 Å². The third-order valence-electron chi connectivity index (χ3n) is 3.31. The van der Waals surface area contributed by atoms with Gasteiger partial charge in [0.2, 0.25) is 11.8 Å². The highest BCUT2D eigenvalue weighted by Crippen LogP contribution is 2.39. The van der Waals surface area contributed by atoms with Crippen LogP contribution in [-0.2, 0) is 9.59 Å². The smallest absolute Gasteiger partial charge is 0.355 e. The van der Waals surface area contributed by atoms with Gasteiger partial charge in [0.05, 0.1) is 12.5 Å². The molecular formula is C12H19F3N2O2. The largest absolute Gasteiger partial charge is 0.391 e. The molecule has 0 saturated heterocycles. The Morgan fingerprint density at radius 2 is 1.89 bits per heavy atom. The lowest BCUT2D eigenvalue weighted by atomic mass is 9.80. The molecule has 2 unspecified atom stereocenters. The fraction of sp³-hybridized carbons (Fsp3) is 0.833. The van der Waals surface area contributed by atoms with E-state index in [4.69, 9.17) is 0 Å². The summed E-state index contributed by atoms with van der Waals surface area (Å²) < 4.78 is 37.8. The number of carbonyl (C=O) groups is 2. The third kappa shape index (κ3) is 5.08. The monoisotopic (exact) mass is 280 g/mol. The van der Waals surface area contributed by atoms with E-state index in [0.29, 0.717) is 19.4 Å². The molecule has 2 N–H and O–H groups in total. The zero-order chi connectivity index (χ0) is 14.5. The van der Waals surface area contributed by atoms with Crippen LogP contribution in [0.4, 0.5) is 13.2 Å². The van der Waals surface area contributed by atoms with E-state index in [2.05, 4.69) is 10.6 Å². The molecule has 110 valence electrons. The van der Waals surface area contributed by atoms with Crippen molar-refractivity contribution < 1.29 is 22.8 Å². The van der Waals surface area contributed by atoms with Crippen molar-refractivity contribution >= 4 is 11.8 Å². The molecule has 0 aliphatic heterocycles. The van der Waals surface area contributed by atoms with Gasteiger partial charge in [-0.2, -0.15) is 13.2 Å². The first kappa shape index (κ1) is 15.8. The number of rotatable bonds is 4. The van der Waals surface area contributed by atoms with Gasteiger partial charge in [-0.1, -0.05) is 6.42 Å². The predicted molar refractivity (Wildman–Crippen MR) is 63.2 cm³/mol. The average molecular weight is 280 g/mol. The van der Waals surface area contributed by atoms with Gasteiger partial charge in [-0.15, -0.1) is 0 Å². The van der Waals surface area contributed by atoms with Crippen LogP contribution in [0, 0.1) is 11.8 Å². The number of carbonyl (C=O) groups excluding carboxylic acids is 2. The molecule has 2 amide bonds. The molecule has 0 aromatic carbocycles. The van der Waals surface area contributed by atoms with Crippen molar-refractivity contribution in [3.05, 3.63) is 0 Å². The summed E-state index contributed by atoms with van der Waals surface area (Å²) in [6.07, 6.45) is -3.48. The summed E-state index contributed by atoms with van der Waals surface area (Å²) in [5, 5.41) is 4.89. The molecule has 1 aliphatic carbocycles. The Kier molecular flexibility index (Phi) is 5.62. The van der Waals surface area contributed by atoms with E-state index < -0.39 is 23.9 Å². The molecule has 4 nitrogen and oxygen atoms in total. The Morgan fingerprint density at radius 3 is 2.47 bits per heavy atom. The van der Waals surface area contributed by atoms with Crippen LogP contribution >= 0.6 is 0 Å². The summed E-state index contributed by atoms with van der Waals surface area (Å²) in [7, 11) is 0. The zero-order valence-electron chi connectivity index (χ0n) is 10.8. The highest BCUT2D eigenvalue weighted by atomic mass is 19.4. The van der Waals surface area contributed by atoms with Crippen LogP contribution in [-0.4, -0.2) is 31.1 Å². The number of likely N-dealkylation sites (N-methyl/N-ethyl adjacent to an activating group) is 1. The molecule has 1 fully saturated rings. The SMILES string of the molecule is CCNC(=O)CNC(=O)C1CCCC(C(F)(F)F)C1. The fourth-order valence-electron chi connectivity index (χ4n) is 2.30. The highest BCUT2D eigenvalue weighted by molar-refractivity contribution is 5.85. The molecule has 1 rings (SSSR count). The first-order chi connectivity index (χ1) is 8.84. The number of nitrogens with one attached hydrogen (secondary N) is 2. The molecule has 7 heteroatoms. The molecule has 1 saturated carbocycles. The van der Waals surface area contributed by atoms with Gasteiger partial charge in [-0.05, 0) is 26.2 Å². The summed E-state index contributed by atoms with van der Waals surface area (Å²) in [4.78, 5) is 22.9. The topological polar surface area (TPSA) is 58.2 Å². The standard InChI is InChI=1S/C12H19F3N2O2/c1-2-16-10(18)7-17-11(19)8-4-3-5-9(6-8)12(13,14)15/h8-9H,2-7H2,1H3,(H,16,18)(H,17,19). The second kappa shape index (κ2) is 6.77. The number of halogens is 3. The molecular weight excluding hydrogens is 261 g/mol. The Hall–Kier alpha value is -1.27. The van der Waals surface area contributed by atoms with Crippen LogP contribution in [0.15, 0.2) is 0 Å². The van der Waals surface area contributed by atoms with Crippen molar-refractivity contribution in [1.82, 2.24) is 10.6 Å². The van der Waals surface area contributed by atoms with Gasteiger partial charge in [-0.3, -0.25) is 9.59 Å². The van der Waals surface area contributed by atoms with Crippen LogP contribution in [0.5, 0.6) is 0 Å². The van der Waals surface area contributed by atoms with E-state index in [1.165, 1.54) is 0 Å². The molecule has 0 aromatic heterocycles. The van der Waals surface area contributed by atoms with E-state index in [1.54, 1.807) is 6.92 Å². The van der Waals surface area contributed by atoms with Crippen molar-refractivity contribution in [3.8, 4) is 0 Å². The number of amides is 2. The van der Waals surface area contributed by atoms with Crippen molar-refractivity contribution in [3.63, 3.8) is 0 Å². The van der Waals surface area contributed by atoms with Crippen LogP contribution < -0.4 is 10.6 Å². The average Bonchev–Trinajstić information content (AvgIpc) is 2.35. The minimum Gasteiger partial charge on any atom is -0.355 e. The molecule has 0 heterocycles. The quantitative estimate of drug-likeness (QED) is 0.822. The van der Waals surface area contributed by atoms with Gasteiger partial charge in [0.15, 0.2) is 0 Å². The van der Waals surface area contributed by atoms with Gasteiger partial charge in [0, 0.05) is 12.5 Å². The van der Waals surface area contributed by atoms with Crippen LogP contribution in [0.2, 0.25) is 0 Å². The maximum absolute atomic E-state index is 12.6. The van der Waals surface area contributed by atoms with Crippen molar-refractivity contribution in [1.29, 1.82) is 0 Å². The molecule has 0 spiro atoms. The summed E-state index contributed by atoms with van der Waals surface area (Å²) in [5.74, 6) is -2.84. The fourth-order valence-corrected chi connectivity index (χ4v) is 2.30. The Morgan fingerprint density at radius 1 is 1.21 bits per heavy atom. The van der Waals surface area contributed by atoms with Gasteiger partial charge in [0.25, 0.3) is 0 Å². The van der Waals surface area contributed by atoms with Gasteiger partial charge in [0.1, 0.15) is 0 Å². The Labute approximate surface area is 110 Å². The van der Waals surface area contributed by atoms with E-state index >= 15 is 0 Å². The molecule has 19 heavy (non-hydrogen) atoms. The van der Waals surface area contributed by atoms with Crippen molar-refractivity contribution in [2.24, 2.45) is 11.8 Å². The lowest BCUT2D eigenvalue weighted by molar-refractivity contribution is -0.186. The van der Waals surface area contributed by atoms with E-state index in [0.717, 1.165) is 0 Å². The van der Waals surface area contributed by atoms with Crippen molar-refractivity contribution in [2.45, 2.75) is 38.8 Å². The normalized spacial score (nSPS) is 23.8. The summed E-state index contributed by atoms with van der Waals surface area (Å²) >= 11 is 0. The van der Waals surface area contributed by atoms with Gasteiger partial charge >= 0.3 is 6.18 Å². The number of hydrogen-bond donors (Lipinski definition) is 2. The minimum absolute atomic E-state index is 0.0869. The van der Waals surface area contributed by atoms with E-state index in [9.17, 15) is 22.8 Å². The lowest BCUT2D eigenvalue weighted by Gasteiger charge is -2.29.